The summed E-state index contributed by atoms with van der Waals surface area (Å²) in [6, 6.07) is 57.0. The summed E-state index contributed by atoms with van der Waals surface area (Å²) in [5, 5.41) is 4.73. The van der Waals surface area contributed by atoms with Crippen molar-refractivity contribution in [3.63, 3.8) is 0 Å². The summed E-state index contributed by atoms with van der Waals surface area (Å²) in [5.41, 5.74) is 7.80. The number of rotatable bonds is 6. The first kappa shape index (κ1) is 29.9. The van der Waals surface area contributed by atoms with E-state index >= 15 is 0 Å². The predicted molar refractivity (Wildman–Crippen MR) is 263 cm³/mol. The maximum Gasteiger partial charge on any atom is 0.166 e. The van der Waals surface area contributed by atoms with Gasteiger partial charge >= 0.3 is 0 Å². The van der Waals surface area contributed by atoms with Gasteiger partial charge in [0, 0.05) is 75.2 Å². The minimum absolute atomic E-state index is 0.0585. The first-order valence-electron chi connectivity index (χ1n) is 23.7. The standard InChI is InChI=1S/C57H35N5S/c1-3-17-36(18-4-1)55-58-56(37-33-34-42-41-23-7-11-29-48(41)61(51(42)35-37)38-19-5-2-6-20-38)60-57(59-55)47-28-15-25-44(46-27-16-26-45-43-24-10-14-32-52(43)63-54(45)46)53(47)62-49-30-12-8-21-39(49)40-22-9-13-31-50(40)62/h1-35H/i8D,9D,21D,22D,30D,31D. The molecule has 0 amide bonds. The minimum atomic E-state index is -0.189. The molecule has 0 aliphatic rings. The molecule has 5 nitrogen and oxygen atoms in total. The SMILES string of the molecule is [2H]c1cc([2H])c2c(c1[2H])c1c([2H])c([2H])cc([2H])c1n2-c1c(-c2nc(-c3ccccc3)nc(-c3ccc4c5ccccc5n(-c5ccccc5)c4c3)n2)cccc1-c1cccc2c1sc1ccccc12. The van der Waals surface area contributed by atoms with Crippen LogP contribution in [0.3, 0.4) is 0 Å². The van der Waals surface area contributed by atoms with E-state index in [1.54, 1.807) is 15.9 Å². The first-order chi connectivity index (χ1) is 33.7. The summed E-state index contributed by atoms with van der Waals surface area (Å²) in [6.45, 7) is 0. The van der Waals surface area contributed by atoms with Crippen LogP contribution in [0.2, 0.25) is 0 Å². The van der Waals surface area contributed by atoms with Crippen LogP contribution >= 0.6 is 11.3 Å². The van der Waals surface area contributed by atoms with Gasteiger partial charge in [0.1, 0.15) is 0 Å². The molecular weight excluding hydrogens is 787 g/mol. The summed E-state index contributed by atoms with van der Waals surface area (Å²) in [5.74, 6) is 1.19. The molecule has 9 aromatic carbocycles. The lowest BCUT2D eigenvalue weighted by Gasteiger charge is -2.19. The van der Waals surface area contributed by atoms with Gasteiger partial charge in [0.2, 0.25) is 0 Å². The molecule has 294 valence electrons. The van der Waals surface area contributed by atoms with Gasteiger partial charge < -0.3 is 9.13 Å². The highest BCUT2D eigenvalue weighted by Crippen LogP contribution is 2.46. The van der Waals surface area contributed by atoms with E-state index in [9.17, 15) is 5.48 Å². The van der Waals surface area contributed by atoms with Crippen molar-refractivity contribution < 1.29 is 8.22 Å². The van der Waals surface area contributed by atoms with Crippen LogP contribution in [-0.4, -0.2) is 24.1 Å². The fraction of sp³-hybridized carbons (Fsp3) is 0. The monoisotopic (exact) mass is 827 g/mol. The lowest BCUT2D eigenvalue weighted by atomic mass is 9.97. The minimum Gasteiger partial charge on any atom is -0.309 e. The van der Waals surface area contributed by atoms with Gasteiger partial charge in [0.05, 0.1) is 36.0 Å². The van der Waals surface area contributed by atoms with Crippen LogP contribution in [-0.2, 0) is 0 Å². The van der Waals surface area contributed by atoms with Gasteiger partial charge in [-0.15, -0.1) is 11.3 Å². The van der Waals surface area contributed by atoms with E-state index < -0.39 is 0 Å². The van der Waals surface area contributed by atoms with Crippen molar-refractivity contribution in [2.75, 3.05) is 0 Å². The Morgan fingerprint density at radius 3 is 1.78 bits per heavy atom. The number of hydrogen-bond acceptors (Lipinski definition) is 4. The molecule has 13 rings (SSSR count). The normalized spacial score (nSPS) is 13.1. The van der Waals surface area contributed by atoms with Crippen molar-refractivity contribution in [2.45, 2.75) is 0 Å². The van der Waals surface area contributed by atoms with Crippen molar-refractivity contribution >= 4 is 75.1 Å². The second-order valence-electron chi connectivity index (χ2n) is 15.5. The number of aromatic nitrogens is 5. The van der Waals surface area contributed by atoms with Crippen LogP contribution in [0, 0.1) is 0 Å². The van der Waals surface area contributed by atoms with Gasteiger partial charge in [-0.2, -0.15) is 0 Å². The molecule has 0 saturated carbocycles. The van der Waals surface area contributed by atoms with Crippen molar-refractivity contribution in [1.82, 2.24) is 24.1 Å². The van der Waals surface area contributed by atoms with Crippen molar-refractivity contribution in [2.24, 2.45) is 0 Å². The zero-order chi connectivity index (χ0) is 46.7. The Labute approximate surface area is 374 Å². The molecule has 6 heteroatoms. The quantitative estimate of drug-likeness (QED) is 0.168. The Kier molecular flexibility index (Phi) is 6.75. The molecule has 0 atom stereocenters. The van der Waals surface area contributed by atoms with Crippen LogP contribution in [0.25, 0.3) is 120 Å². The average molecular weight is 828 g/mol. The van der Waals surface area contributed by atoms with E-state index in [4.69, 9.17) is 17.7 Å². The highest BCUT2D eigenvalue weighted by Gasteiger charge is 2.24. The average Bonchev–Trinajstić information content (AvgIpc) is 4.06. The first-order valence-corrected chi connectivity index (χ1v) is 21.5. The molecule has 0 radical (unpaired) electrons. The highest BCUT2D eigenvalue weighted by molar-refractivity contribution is 7.26. The smallest absolute Gasteiger partial charge is 0.166 e. The summed E-state index contributed by atoms with van der Waals surface area (Å²) in [7, 11) is 0. The third kappa shape index (κ3) is 5.59. The largest absolute Gasteiger partial charge is 0.309 e. The third-order valence-corrected chi connectivity index (χ3v) is 13.2. The van der Waals surface area contributed by atoms with E-state index in [1.165, 1.54) is 12.1 Å². The van der Waals surface area contributed by atoms with Crippen molar-refractivity contribution in [3.05, 3.63) is 212 Å². The van der Waals surface area contributed by atoms with E-state index in [1.807, 2.05) is 91.0 Å². The van der Waals surface area contributed by atoms with Gasteiger partial charge in [-0.3, -0.25) is 0 Å². The summed E-state index contributed by atoms with van der Waals surface area (Å²) >= 11 is 1.68. The second kappa shape index (κ2) is 14.2. The Hall–Kier alpha value is -8.19. The van der Waals surface area contributed by atoms with Gasteiger partial charge in [0.15, 0.2) is 17.5 Å². The topological polar surface area (TPSA) is 48.5 Å². The van der Waals surface area contributed by atoms with Crippen molar-refractivity contribution in [3.8, 4) is 56.7 Å². The maximum atomic E-state index is 9.52. The van der Waals surface area contributed by atoms with Gasteiger partial charge in [-0.05, 0) is 48.5 Å². The summed E-state index contributed by atoms with van der Waals surface area (Å²) < 4.78 is 61.3. The molecule has 0 aliphatic heterocycles. The maximum absolute atomic E-state index is 9.52. The van der Waals surface area contributed by atoms with Crippen LogP contribution in [0.5, 0.6) is 0 Å². The van der Waals surface area contributed by atoms with E-state index in [0.29, 0.717) is 28.7 Å². The highest BCUT2D eigenvalue weighted by atomic mass is 32.1. The van der Waals surface area contributed by atoms with Gasteiger partial charge in [0.25, 0.3) is 0 Å². The van der Waals surface area contributed by atoms with E-state index in [0.717, 1.165) is 69.9 Å². The van der Waals surface area contributed by atoms with Crippen LogP contribution in [0.1, 0.15) is 8.22 Å². The number of thiophene rings is 1. The number of para-hydroxylation sites is 5. The summed E-state index contributed by atoms with van der Waals surface area (Å²) in [4.78, 5) is 15.8. The molecular formula is C57H35N5S. The van der Waals surface area contributed by atoms with Gasteiger partial charge in [-0.1, -0.05) is 164 Å². The third-order valence-electron chi connectivity index (χ3n) is 11.9. The summed E-state index contributed by atoms with van der Waals surface area (Å²) in [6.07, 6.45) is 0. The van der Waals surface area contributed by atoms with Crippen LogP contribution in [0.4, 0.5) is 0 Å². The molecule has 0 N–H and O–H groups in total. The lowest BCUT2D eigenvalue weighted by Crippen LogP contribution is -2.05. The van der Waals surface area contributed by atoms with E-state index in [-0.39, 0.29) is 58.1 Å². The fourth-order valence-corrected chi connectivity index (χ4v) is 10.4. The van der Waals surface area contributed by atoms with Gasteiger partial charge in [-0.25, -0.2) is 15.0 Å². The molecule has 13 aromatic rings. The number of hydrogen-bond donors (Lipinski definition) is 0. The molecule has 63 heavy (non-hydrogen) atoms. The Balaban J connectivity index is 1.16. The van der Waals surface area contributed by atoms with Crippen LogP contribution in [0.15, 0.2) is 212 Å². The lowest BCUT2D eigenvalue weighted by molar-refractivity contribution is 1.06. The Bertz CT molecular complexity index is 4210. The molecule has 0 fully saturated rings. The number of nitrogens with zero attached hydrogens (tertiary/aromatic N) is 5. The molecule has 0 bridgehead atoms. The molecule has 4 aromatic heterocycles. The second-order valence-corrected chi connectivity index (χ2v) is 16.5. The fourth-order valence-electron chi connectivity index (χ4n) is 9.19. The number of benzene rings is 9. The molecule has 0 saturated heterocycles. The molecule has 0 spiro atoms. The zero-order valence-corrected chi connectivity index (χ0v) is 34.2. The molecule has 4 heterocycles. The number of fused-ring (bicyclic) bond motifs is 9. The Morgan fingerprint density at radius 2 is 0.984 bits per heavy atom. The predicted octanol–water partition coefficient (Wildman–Crippen LogP) is 15.1. The Morgan fingerprint density at radius 1 is 0.381 bits per heavy atom. The molecule has 0 unspecified atom stereocenters. The van der Waals surface area contributed by atoms with E-state index in [2.05, 4.69) is 77.4 Å². The molecule has 0 aliphatic carbocycles. The van der Waals surface area contributed by atoms with Crippen LogP contribution < -0.4 is 0 Å². The van der Waals surface area contributed by atoms with Crippen molar-refractivity contribution in [1.29, 1.82) is 0 Å². The zero-order valence-electron chi connectivity index (χ0n) is 39.4.